The predicted molar refractivity (Wildman–Crippen MR) is 77.2 cm³/mol. The van der Waals surface area contributed by atoms with E-state index in [2.05, 4.69) is 4.98 Å². The summed E-state index contributed by atoms with van der Waals surface area (Å²) in [5, 5.41) is 0.710. The zero-order chi connectivity index (χ0) is 14.0. The van der Waals surface area contributed by atoms with Gasteiger partial charge >= 0.3 is 0 Å². The number of nitrogens with two attached hydrogens (primary N) is 1. The summed E-state index contributed by atoms with van der Waals surface area (Å²) < 4.78 is 10.6. The maximum absolute atomic E-state index is 6.16. The summed E-state index contributed by atoms with van der Waals surface area (Å²) in [6.45, 7) is 0. The lowest BCUT2D eigenvalue weighted by Crippen LogP contribution is -1.98. The number of ether oxygens (including phenoxy) is 2. The van der Waals surface area contributed by atoms with Crippen molar-refractivity contribution in [3.05, 3.63) is 34.3 Å². The molecule has 0 atom stereocenters. The first-order valence-corrected chi connectivity index (χ1v) is 6.17. The quantitative estimate of drug-likeness (QED) is 0.939. The Hall–Kier alpha value is -1.65. The molecule has 100 valence electrons. The number of nitrogen functional groups attached to an aromatic ring is 1. The number of rotatable bonds is 3. The largest absolute Gasteiger partial charge is 0.493 e. The molecular weight excluding hydrogens is 287 g/mol. The molecule has 1 heterocycles. The normalized spacial score (nSPS) is 10.3. The number of hydrogen-bond donors (Lipinski definition) is 1. The van der Waals surface area contributed by atoms with Gasteiger partial charge in [-0.05, 0) is 18.2 Å². The predicted octanol–water partition coefficient (Wildman–Crippen LogP) is 3.65. The Bertz CT molecular complexity index is 618. The number of methoxy groups -OCH3 is 2. The maximum atomic E-state index is 6.16. The Morgan fingerprint density at radius 1 is 1.11 bits per heavy atom. The topological polar surface area (TPSA) is 57.4 Å². The van der Waals surface area contributed by atoms with E-state index in [1.165, 1.54) is 0 Å². The second-order valence-electron chi connectivity index (χ2n) is 3.73. The Morgan fingerprint density at radius 2 is 1.84 bits per heavy atom. The third kappa shape index (κ3) is 2.55. The highest BCUT2D eigenvalue weighted by atomic mass is 35.5. The minimum Gasteiger partial charge on any atom is -0.493 e. The van der Waals surface area contributed by atoms with E-state index in [1.807, 2.05) is 12.1 Å². The maximum Gasteiger partial charge on any atom is 0.170 e. The van der Waals surface area contributed by atoms with Gasteiger partial charge in [0, 0.05) is 5.56 Å². The molecular formula is C13H12Cl2N2O2. The van der Waals surface area contributed by atoms with Crippen LogP contribution in [0.4, 0.5) is 5.82 Å². The number of hydrogen-bond acceptors (Lipinski definition) is 4. The van der Waals surface area contributed by atoms with Crippen molar-refractivity contribution in [3.8, 4) is 22.8 Å². The first kappa shape index (κ1) is 13.8. The van der Waals surface area contributed by atoms with E-state index >= 15 is 0 Å². The highest BCUT2D eigenvalue weighted by molar-refractivity contribution is 6.37. The average Bonchev–Trinajstić information content (AvgIpc) is 2.41. The molecule has 19 heavy (non-hydrogen) atoms. The SMILES string of the molecule is COc1cccc(-c2nc(N)c(Cl)cc2Cl)c1OC. The number of pyridine rings is 1. The molecule has 0 unspecified atom stereocenters. The second-order valence-corrected chi connectivity index (χ2v) is 4.54. The Morgan fingerprint density at radius 3 is 2.47 bits per heavy atom. The second kappa shape index (κ2) is 5.55. The number of benzene rings is 1. The van der Waals surface area contributed by atoms with Gasteiger partial charge in [-0.1, -0.05) is 29.3 Å². The lowest BCUT2D eigenvalue weighted by atomic mass is 10.1. The van der Waals surface area contributed by atoms with Gasteiger partial charge in [-0.3, -0.25) is 0 Å². The van der Waals surface area contributed by atoms with Crippen molar-refractivity contribution in [1.82, 2.24) is 4.98 Å². The van der Waals surface area contributed by atoms with Gasteiger partial charge in [0.05, 0.1) is 30.0 Å². The Labute approximate surface area is 121 Å². The Balaban J connectivity index is 2.68. The summed E-state index contributed by atoms with van der Waals surface area (Å²) >= 11 is 12.0. The molecule has 0 amide bonds. The Kier molecular flexibility index (Phi) is 4.02. The van der Waals surface area contributed by atoms with Crippen molar-refractivity contribution in [2.24, 2.45) is 0 Å². The number of halogens is 2. The van der Waals surface area contributed by atoms with Crippen molar-refractivity contribution in [1.29, 1.82) is 0 Å². The van der Waals surface area contributed by atoms with Crippen LogP contribution in [0.2, 0.25) is 10.0 Å². The molecule has 2 N–H and O–H groups in total. The first-order valence-electron chi connectivity index (χ1n) is 5.41. The zero-order valence-corrected chi connectivity index (χ0v) is 11.9. The third-order valence-electron chi connectivity index (χ3n) is 2.61. The smallest absolute Gasteiger partial charge is 0.170 e. The van der Waals surface area contributed by atoms with Gasteiger partial charge in [0.15, 0.2) is 11.5 Å². The molecule has 0 aliphatic carbocycles. The molecule has 0 saturated heterocycles. The van der Waals surface area contributed by atoms with Gasteiger partial charge in [0.1, 0.15) is 5.82 Å². The van der Waals surface area contributed by atoms with Crippen LogP contribution in [-0.2, 0) is 0 Å². The van der Waals surface area contributed by atoms with Crippen molar-refractivity contribution >= 4 is 29.0 Å². The lowest BCUT2D eigenvalue weighted by Gasteiger charge is -2.13. The average molecular weight is 299 g/mol. The van der Waals surface area contributed by atoms with Crippen LogP contribution in [0, 0.1) is 0 Å². The molecule has 4 nitrogen and oxygen atoms in total. The highest BCUT2D eigenvalue weighted by Gasteiger charge is 2.16. The monoisotopic (exact) mass is 298 g/mol. The standard InChI is InChI=1S/C13H12Cl2N2O2/c1-18-10-5-3-4-7(12(10)19-2)11-8(14)6-9(15)13(16)17-11/h3-6H,1-2H3,(H2,16,17). The third-order valence-corrected chi connectivity index (χ3v) is 3.21. The number of aromatic nitrogens is 1. The first-order chi connectivity index (χ1) is 9.08. The van der Waals surface area contributed by atoms with Crippen LogP contribution in [0.1, 0.15) is 0 Å². The van der Waals surface area contributed by atoms with Crippen molar-refractivity contribution in [2.45, 2.75) is 0 Å². The molecule has 0 saturated carbocycles. The van der Waals surface area contributed by atoms with Gasteiger partial charge < -0.3 is 15.2 Å². The highest BCUT2D eigenvalue weighted by Crippen LogP contribution is 2.40. The van der Waals surface area contributed by atoms with Crippen molar-refractivity contribution in [2.75, 3.05) is 20.0 Å². The fourth-order valence-electron chi connectivity index (χ4n) is 1.74. The summed E-state index contributed by atoms with van der Waals surface area (Å²) in [7, 11) is 3.11. The molecule has 2 aromatic rings. The minimum atomic E-state index is 0.214. The van der Waals surface area contributed by atoms with E-state index in [-0.39, 0.29) is 5.82 Å². The molecule has 1 aromatic carbocycles. The van der Waals surface area contributed by atoms with Crippen LogP contribution in [-0.4, -0.2) is 19.2 Å². The van der Waals surface area contributed by atoms with Crippen LogP contribution in [0.15, 0.2) is 24.3 Å². The molecule has 0 radical (unpaired) electrons. The van der Waals surface area contributed by atoms with Gasteiger partial charge in [0.2, 0.25) is 0 Å². The fraction of sp³-hybridized carbons (Fsp3) is 0.154. The number of anilines is 1. The van der Waals surface area contributed by atoms with Gasteiger partial charge in [-0.15, -0.1) is 0 Å². The number of para-hydroxylation sites is 1. The molecule has 0 aliphatic rings. The molecule has 6 heteroatoms. The summed E-state index contributed by atoms with van der Waals surface area (Å²) in [6.07, 6.45) is 0. The molecule has 0 aliphatic heterocycles. The van der Waals surface area contributed by atoms with Gasteiger partial charge in [0.25, 0.3) is 0 Å². The molecule has 0 bridgehead atoms. The van der Waals surface area contributed by atoms with Crippen LogP contribution in [0.3, 0.4) is 0 Å². The van der Waals surface area contributed by atoms with Gasteiger partial charge in [-0.2, -0.15) is 0 Å². The van der Waals surface area contributed by atoms with Crippen LogP contribution < -0.4 is 15.2 Å². The molecule has 2 rings (SSSR count). The van der Waals surface area contributed by atoms with E-state index in [4.69, 9.17) is 38.4 Å². The van der Waals surface area contributed by atoms with Crippen molar-refractivity contribution in [3.63, 3.8) is 0 Å². The summed E-state index contributed by atoms with van der Waals surface area (Å²) in [5.41, 5.74) is 6.90. The van der Waals surface area contributed by atoms with Crippen LogP contribution in [0.5, 0.6) is 11.5 Å². The van der Waals surface area contributed by atoms with Crippen LogP contribution >= 0.6 is 23.2 Å². The zero-order valence-electron chi connectivity index (χ0n) is 10.4. The summed E-state index contributed by atoms with van der Waals surface area (Å²) in [6, 6.07) is 6.98. The summed E-state index contributed by atoms with van der Waals surface area (Å²) in [5.74, 6) is 1.35. The fourth-order valence-corrected chi connectivity index (χ4v) is 2.20. The van der Waals surface area contributed by atoms with E-state index in [0.717, 1.165) is 0 Å². The van der Waals surface area contributed by atoms with E-state index < -0.39 is 0 Å². The molecule has 1 aromatic heterocycles. The van der Waals surface area contributed by atoms with Gasteiger partial charge in [-0.25, -0.2) is 4.98 Å². The van der Waals surface area contributed by atoms with E-state index in [9.17, 15) is 0 Å². The lowest BCUT2D eigenvalue weighted by molar-refractivity contribution is 0.356. The van der Waals surface area contributed by atoms with Crippen molar-refractivity contribution < 1.29 is 9.47 Å². The molecule has 0 spiro atoms. The minimum absolute atomic E-state index is 0.214. The van der Waals surface area contributed by atoms with E-state index in [1.54, 1.807) is 26.4 Å². The number of nitrogens with zero attached hydrogens (tertiary/aromatic N) is 1. The summed E-state index contributed by atoms with van der Waals surface area (Å²) in [4.78, 5) is 4.20. The van der Waals surface area contributed by atoms with E-state index in [0.29, 0.717) is 32.8 Å². The van der Waals surface area contributed by atoms with Crippen LogP contribution in [0.25, 0.3) is 11.3 Å². The molecule has 0 fully saturated rings.